The van der Waals surface area contributed by atoms with E-state index in [0.717, 1.165) is 10.6 Å². The minimum Gasteiger partial charge on any atom is -0.291 e. The first-order valence-electron chi connectivity index (χ1n) is 18.6. The van der Waals surface area contributed by atoms with Crippen LogP contribution in [0.25, 0.3) is 54.6 Å². The van der Waals surface area contributed by atoms with Gasteiger partial charge in [-0.2, -0.15) is 5.10 Å². The zero-order chi connectivity index (χ0) is 35.6. The summed E-state index contributed by atoms with van der Waals surface area (Å²) in [6.45, 7) is 0. The van der Waals surface area contributed by atoms with Gasteiger partial charge in [-0.1, -0.05) is 176 Å². The Balaban J connectivity index is 1.10. The van der Waals surface area contributed by atoms with Crippen LogP contribution in [-0.4, -0.2) is 5.04 Å². The summed E-state index contributed by atoms with van der Waals surface area (Å²) < 4.78 is 0. The highest BCUT2D eigenvalue weighted by Gasteiger charge is 2.45. The average Bonchev–Trinajstić information content (AvgIpc) is 3.86. The first-order valence-corrected chi connectivity index (χ1v) is 19.4. The van der Waals surface area contributed by atoms with Gasteiger partial charge in [0.05, 0.1) is 5.41 Å². The number of rotatable bonds is 6. The lowest BCUT2D eigenvalue weighted by molar-refractivity contribution is 0.744. The molecule has 9 aromatic rings. The Hall–Kier alpha value is -6.42. The van der Waals surface area contributed by atoms with Gasteiger partial charge in [-0.3, -0.25) is 5.43 Å². The van der Waals surface area contributed by atoms with Crippen LogP contribution in [-0.2, 0) is 5.41 Å². The Morgan fingerprint density at radius 2 is 0.889 bits per heavy atom. The minimum absolute atomic E-state index is 0.120. The second-order valence-corrected chi connectivity index (χ2v) is 15.5. The highest BCUT2D eigenvalue weighted by molar-refractivity contribution is 8.14. The molecule has 0 spiro atoms. The van der Waals surface area contributed by atoms with Crippen LogP contribution in [0.1, 0.15) is 38.8 Å². The van der Waals surface area contributed by atoms with Crippen LogP contribution in [0.3, 0.4) is 0 Å². The molecule has 0 saturated carbocycles. The highest BCUT2D eigenvalue weighted by atomic mass is 32.2. The maximum absolute atomic E-state index is 4.72. The van der Waals surface area contributed by atoms with Crippen molar-refractivity contribution in [2.75, 3.05) is 0 Å². The number of hydrogen-bond acceptors (Lipinski definition) is 3. The molecule has 54 heavy (non-hydrogen) atoms. The van der Waals surface area contributed by atoms with Crippen LogP contribution in [0.5, 0.6) is 0 Å². The molecule has 3 heteroatoms. The molecule has 9 aromatic carbocycles. The van der Waals surface area contributed by atoms with E-state index in [1.54, 1.807) is 11.8 Å². The predicted molar refractivity (Wildman–Crippen MR) is 228 cm³/mol. The molecule has 0 amide bonds. The van der Waals surface area contributed by atoms with Gasteiger partial charge in [0.25, 0.3) is 0 Å². The lowest BCUT2D eigenvalue weighted by Gasteiger charge is -2.34. The topological polar surface area (TPSA) is 24.4 Å². The summed E-state index contributed by atoms with van der Waals surface area (Å²) in [5.74, 6) is 0. The molecule has 254 valence electrons. The van der Waals surface area contributed by atoms with Crippen LogP contribution in [0.2, 0.25) is 0 Å². The molecule has 0 radical (unpaired) electrons. The lowest BCUT2D eigenvalue weighted by Crippen LogP contribution is -2.28. The molecular weight excluding hydrogens is 673 g/mol. The SMILES string of the molecule is c1ccc(C2NN=C(c3ccc(-c4cc5c6c(ccc7cc(-c8ccc9ccccc9c8)cc(c76)C5(c5ccccc5)c5ccccc5)c4)cc3)S2)cc1. The molecule has 0 fully saturated rings. The van der Waals surface area contributed by atoms with Crippen molar-refractivity contribution in [2.24, 2.45) is 5.10 Å². The van der Waals surface area contributed by atoms with E-state index >= 15 is 0 Å². The number of nitrogens with one attached hydrogen (secondary N) is 1. The standard InChI is InChI=1S/C51H34N2S/c1-4-13-35(14-5-1)49-52-53-50(54-49)36-23-20-34(21-24-36)41-29-39-26-27-40-30-42(38-25-22-33-12-10-11-15-37(33)28-38)32-46-48(40)47(39)45(31-41)51(46,43-16-6-2-7-17-43)44-18-8-3-9-19-44/h1-32,49,52H. The molecule has 2 aliphatic rings. The van der Waals surface area contributed by atoms with Gasteiger partial charge in [0, 0.05) is 5.56 Å². The zero-order valence-electron chi connectivity index (χ0n) is 29.4. The number of benzene rings is 9. The summed E-state index contributed by atoms with van der Waals surface area (Å²) in [5, 5.41) is 13.6. The van der Waals surface area contributed by atoms with Crippen molar-refractivity contribution in [3.63, 3.8) is 0 Å². The van der Waals surface area contributed by atoms with Gasteiger partial charge in [0.1, 0.15) is 10.4 Å². The molecular formula is C51H34N2S. The Kier molecular flexibility index (Phi) is 7.11. The van der Waals surface area contributed by atoms with E-state index in [2.05, 4.69) is 200 Å². The third-order valence-electron chi connectivity index (χ3n) is 11.4. The largest absolute Gasteiger partial charge is 0.291 e. The van der Waals surface area contributed by atoms with E-state index in [-0.39, 0.29) is 5.37 Å². The number of fused-ring (bicyclic) bond motifs is 1. The second kappa shape index (κ2) is 12.3. The Morgan fingerprint density at radius 3 is 1.52 bits per heavy atom. The van der Waals surface area contributed by atoms with E-state index in [0.29, 0.717) is 0 Å². The maximum Gasteiger partial charge on any atom is 0.126 e. The number of hydrazone groups is 1. The van der Waals surface area contributed by atoms with Crippen molar-refractivity contribution >= 4 is 49.1 Å². The van der Waals surface area contributed by atoms with Gasteiger partial charge in [-0.05, 0) is 113 Å². The molecule has 0 aromatic heterocycles. The number of thioether (sulfide) groups is 1. The third kappa shape index (κ3) is 4.79. The first-order chi connectivity index (χ1) is 26.7. The predicted octanol–water partition coefficient (Wildman–Crippen LogP) is 12.9. The van der Waals surface area contributed by atoms with Gasteiger partial charge in [-0.15, -0.1) is 0 Å². The summed E-state index contributed by atoms with van der Waals surface area (Å²) >= 11 is 1.76. The molecule has 1 aliphatic heterocycles. The highest BCUT2D eigenvalue weighted by Crippen LogP contribution is 2.57. The van der Waals surface area contributed by atoms with Crippen molar-refractivity contribution in [3.05, 3.63) is 228 Å². The molecule has 0 bridgehead atoms. The fourth-order valence-electron chi connectivity index (χ4n) is 8.92. The Morgan fingerprint density at radius 1 is 0.407 bits per heavy atom. The molecule has 2 nitrogen and oxygen atoms in total. The summed E-state index contributed by atoms with van der Waals surface area (Å²) in [7, 11) is 0. The van der Waals surface area contributed by atoms with Gasteiger partial charge in [0.15, 0.2) is 0 Å². The fraction of sp³-hybridized carbons (Fsp3) is 0.0392. The summed E-state index contributed by atoms with van der Waals surface area (Å²) in [5.41, 5.74) is 15.3. The molecule has 1 aliphatic carbocycles. The number of nitrogens with zero attached hydrogens (tertiary/aromatic N) is 1. The maximum atomic E-state index is 4.72. The van der Waals surface area contributed by atoms with Gasteiger partial charge >= 0.3 is 0 Å². The van der Waals surface area contributed by atoms with Gasteiger partial charge in [0.2, 0.25) is 0 Å². The quantitative estimate of drug-likeness (QED) is 0.174. The van der Waals surface area contributed by atoms with E-state index in [4.69, 9.17) is 5.10 Å². The minimum atomic E-state index is -0.515. The third-order valence-corrected chi connectivity index (χ3v) is 12.6. The van der Waals surface area contributed by atoms with Gasteiger partial charge < -0.3 is 0 Å². The molecule has 1 unspecified atom stereocenters. The van der Waals surface area contributed by atoms with Crippen molar-refractivity contribution in [3.8, 4) is 22.3 Å². The summed E-state index contributed by atoms with van der Waals surface area (Å²) in [4.78, 5) is 0. The van der Waals surface area contributed by atoms with Crippen LogP contribution < -0.4 is 5.43 Å². The average molecular weight is 707 g/mol. The summed E-state index contributed by atoms with van der Waals surface area (Å²) in [6.07, 6.45) is 0. The summed E-state index contributed by atoms with van der Waals surface area (Å²) in [6, 6.07) is 71.6. The normalized spacial score (nSPS) is 15.6. The van der Waals surface area contributed by atoms with E-state index in [1.807, 2.05) is 0 Å². The van der Waals surface area contributed by atoms with E-state index < -0.39 is 5.41 Å². The van der Waals surface area contributed by atoms with Gasteiger partial charge in [-0.25, -0.2) is 0 Å². The molecule has 1 atom stereocenters. The van der Waals surface area contributed by atoms with E-state index in [9.17, 15) is 0 Å². The van der Waals surface area contributed by atoms with Crippen molar-refractivity contribution in [1.82, 2.24) is 5.43 Å². The molecule has 11 rings (SSSR count). The van der Waals surface area contributed by atoms with Crippen LogP contribution in [0.4, 0.5) is 0 Å². The zero-order valence-corrected chi connectivity index (χ0v) is 30.2. The van der Waals surface area contributed by atoms with Crippen LogP contribution in [0, 0.1) is 0 Å². The Bertz CT molecular complexity index is 2880. The van der Waals surface area contributed by atoms with Crippen molar-refractivity contribution < 1.29 is 0 Å². The Labute approximate surface area is 318 Å². The number of hydrogen-bond donors (Lipinski definition) is 1. The second-order valence-electron chi connectivity index (χ2n) is 14.4. The smallest absolute Gasteiger partial charge is 0.126 e. The molecule has 0 saturated heterocycles. The van der Waals surface area contributed by atoms with E-state index in [1.165, 1.54) is 82.4 Å². The molecule has 1 heterocycles. The fourth-order valence-corrected chi connectivity index (χ4v) is 9.92. The van der Waals surface area contributed by atoms with Crippen molar-refractivity contribution in [1.29, 1.82) is 0 Å². The van der Waals surface area contributed by atoms with Crippen LogP contribution in [0.15, 0.2) is 199 Å². The first kappa shape index (κ1) is 31.1. The van der Waals surface area contributed by atoms with Crippen molar-refractivity contribution in [2.45, 2.75) is 10.8 Å². The monoisotopic (exact) mass is 706 g/mol. The lowest BCUT2D eigenvalue weighted by atomic mass is 9.66. The molecule has 1 N–H and O–H groups in total. The van der Waals surface area contributed by atoms with Crippen LogP contribution >= 0.6 is 11.8 Å².